The van der Waals surface area contributed by atoms with Crippen LogP contribution in [0.15, 0.2) is 18.2 Å². The van der Waals surface area contributed by atoms with Gasteiger partial charge >= 0.3 is 6.18 Å². The minimum absolute atomic E-state index is 0.126. The summed E-state index contributed by atoms with van der Waals surface area (Å²) in [5.41, 5.74) is -1.08. The summed E-state index contributed by atoms with van der Waals surface area (Å²) in [6, 6.07) is 2.82. The number of carbonyl (C=O) groups excluding carboxylic acids is 2. The zero-order valence-corrected chi connectivity index (χ0v) is 15.2. The van der Waals surface area contributed by atoms with Crippen LogP contribution in [0.25, 0.3) is 0 Å². The third kappa shape index (κ3) is 7.21. The van der Waals surface area contributed by atoms with Crippen LogP contribution in [0.5, 0.6) is 0 Å². The Hall–Kier alpha value is -1.96. The van der Waals surface area contributed by atoms with E-state index in [0.29, 0.717) is 0 Å². The molecule has 0 aliphatic heterocycles. The van der Waals surface area contributed by atoms with Gasteiger partial charge in [0, 0.05) is 12.6 Å². The average Bonchev–Trinajstić information content (AvgIpc) is 2.42. The van der Waals surface area contributed by atoms with Crippen molar-refractivity contribution in [2.45, 2.75) is 32.5 Å². The van der Waals surface area contributed by atoms with Gasteiger partial charge in [-0.1, -0.05) is 11.6 Å². The normalized spacial score (nSPS) is 11.8. The predicted octanol–water partition coefficient (Wildman–Crippen LogP) is 3.14. The molecule has 0 aliphatic rings. The summed E-state index contributed by atoms with van der Waals surface area (Å²) in [6.07, 6.45) is -4.49. The van der Waals surface area contributed by atoms with Crippen LogP contribution in [0.2, 0.25) is 5.02 Å². The molecule has 1 aromatic rings. The van der Waals surface area contributed by atoms with E-state index in [-0.39, 0.29) is 29.7 Å². The maximum atomic E-state index is 12.6. The fourth-order valence-corrected chi connectivity index (χ4v) is 2.15. The number of halogens is 4. The second-order valence-corrected chi connectivity index (χ2v) is 7.00. The molecule has 9 heteroatoms. The lowest BCUT2D eigenvalue weighted by molar-refractivity contribution is -0.137. The molecule has 0 fully saturated rings. The summed E-state index contributed by atoms with van der Waals surface area (Å²) in [7, 11) is 1.46. The summed E-state index contributed by atoms with van der Waals surface area (Å²) < 4.78 is 37.7. The van der Waals surface area contributed by atoms with Crippen molar-refractivity contribution in [1.82, 2.24) is 10.2 Å². The Morgan fingerprint density at radius 2 is 1.80 bits per heavy atom. The summed E-state index contributed by atoms with van der Waals surface area (Å²) >= 11 is 5.80. The second kappa shape index (κ2) is 7.95. The maximum absolute atomic E-state index is 12.6. The van der Waals surface area contributed by atoms with Crippen molar-refractivity contribution in [2.75, 3.05) is 25.5 Å². The highest BCUT2D eigenvalue weighted by atomic mass is 35.5. The van der Waals surface area contributed by atoms with Gasteiger partial charge in [0.05, 0.1) is 29.4 Å². The molecule has 0 atom stereocenters. The Kier molecular flexibility index (Phi) is 6.70. The van der Waals surface area contributed by atoms with E-state index in [9.17, 15) is 22.8 Å². The molecule has 0 unspecified atom stereocenters. The fourth-order valence-electron chi connectivity index (χ4n) is 1.90. The Morgan fingerprint density at radius 1 is 1.20 bits per heavy atom. The van der Waals surface area contributed by atoms with Crippen LogP contribution < -0.4 is 10.6 Å². The molecular weight excluding hydrogens is 359 g/mol. The fraction of sp³-hybridized carbons (Fsp3) is 0.500. The van der Waals surface area contributed by atoms with Gasteiger partial charge in [0.25, 0.3) is 0 Å². The standard InChI is InChI=1S/C16H21ClF3N3O2/c1-15(2,3)22-13(24)9-23(4)14(25)8-21-12-6-5-10(7-11(12)17)16(18,19)20/h5-7,21H,8-9H2,1-4H3,(H,22,24). The Morgan fingerprint density at radius 3 is 2.28 bits per heavy atom. The molecular formula is C16H21ClF3N3O2. The molecule has 0 saturated heterocycles. The minimum Gasteiger partial charge on any atom is -0.375 e. The molecule has 140 valence electrons. The number of hydrogen-bond acceptors (Lipinski definition) is 3. The maximum Gasteiger partial charge on any atom is 0.416 e. The predicted molar refractivity (Wildman–Crippen MR) is 90.5 cm³/mol. The molecule has 0 bridgehead atoms. The SMILES string of the molecule is CN(CC(=O)NC(C)(C)C)C(=O)CNc1ccc(C(F)(F)F)cc1Cl. The first-order valence-corrected chi connectivity index (χ1v) is 7.83. The van der Waals surface area contributed by atoms with E-state index < -0.39 is 23.2 Å². The van der Waals surface area contributed by atoms with E-state index in [2.05, 4.69) is 10.6 Å². The van der Waals surface area contributed by atoms with Gasteiger partial charge in [0.15, 0.2) is 0 Å². The van der Waals surface area contributed by atoms with E-state index in [0.717, 1.165) is 18.2 Å². The molecule has 0 heterocycles. The van der Waals surface area contributed by atoms with Crippen LogP contribution in [-0.2, 0) is 15.8 Å². The molecule has 25 heavy (non-hydrogen) atoms. The first kappa shape index (κ1) is 21.1. The first-order chi connectivity index (χ1) is 11.3. The summed E-state index contributed by atoms with van der Waals surface area (Å²) in [5.74, 6) is -0.712. The van der Waals surface area contributed by atoms with Crippen LogP contribution in [0.4, 0.5) is 18.9 Å². The van der Waals surface area contributed by atoms with Gasteiger partial charge in [-0.25, -0.2) is 0 Å². The molecule has 1 aromatic carbocycles. The molecule has 5 nitrogen and oxygen atoms in total. The molecule has 0 aliphatic carbocycles. The molecule has 2 amide bonds. The van der Waals surface area contributed by atoms with Gasteiger partial charge in [0.2, 0.25) is 11.8 Å². The monoisotopic (exact) mass is 379 g/mol. The van der Waals surface area contributed by atoms with Gasteiger partial charge in [-0.15, -0.1) is 0 Å². The van der Waals surface area contributed by atoms with Crippen LogP contribution in [-0.4, -0.2) is 42.4 Å². The van der Waals surface area contributed by atoms with Crippen molar-refractivity contribution in [3.05, 3.63) is 28.8 Å². The Balaban J connectivity index is 2.60. The average molecular weight is 380 g/mol. The number of alkyl halides is 3. The summed E-state index contributed by atoms with van der Waals surface area (Å²) in [4.78, 5) is 25.0. The molecule has 1 rings (SSSR count). The number of benzene rings is 1. The van der Waals surface area contributed by atoms with E-state index in [1.807, 2.05) is 20.8 Å². The lowest BCUT2D eigenvalue weighted by atomic mass is 10.1. The smallest absolute Gasteiger partial charge is 0.375 e. The number of amides is 2. The van der Waals surface area contributed by atoms with Crippen molar-refractivity contribution < 1.29 is 22.8 Å². The lowest BCUT2D eigenvalue weighted by Crippen LogP contribution is -2.47. The van der Waals surface area contributed by atoms with Crippen LogP contribution in [0.3, 0.4) is 0 Å². The van der Waals surface area contributed by atoms with Gasteiger partial charge in [-0.05, 0) is 39.0 Å². The first-order valence-electron chi connectivity index (χ1n) is 7.45. The number of nitrogens with zero attached hydrogens (tertiary/aromatic N) is 1. The summed E-state index contributed by atoms with van der Waals surface area (Å²) in [5, 5.41) is 5.26. The zero-order chi connectivity index (χ0) is 19.4. The molecule has 0 spiro atoms. The third-order valence-corrected chi connectivity index (χ3v) is 3.36. The highest BCUT2D eigenvalue weighted by molar-refractivity contribution is 6.33. The highest BCUT2D eigenvalue weighted by Gasteiger charge is 2.30. The molecule has 0 saturated carbocycles. The Bertz CT molecular complexity index is 642. The number of likely N-dealkylation sites (N-methyl/N-ethyl adjacent to an activating group) is 1. The Labute approximate surface area is 149 Å². The summed E-state index contributed by atoms with van der Waals surface area (Å²) in [6.45, 7) is 5.13. The number of hydrogen-bond donors (Lipinski definition) is 2. The van der Waals surface area contributed by atoms with E-state index in [1.165, 1.54) is 11.9 Å². The number of anilines is 1. The minimum atomic E-state index is -4.49. The van der Waals surface area contributed by atoms with E-state index in [1.54, 1.807) is 0 Å². The van der Waals surface area contributed by atoms with Gasteiger partial charge in [-0.2, -0.15) is 13.2 Å². The third-order valence-electron chi connectivity index (χ3n) is 3.05. The van der Waals surface area contributed by atoms with Crippen molar-refractivity contribution in [3.63, 3.8) is 0 Å². The molecule has 2 N–H and O–H groups in total. The van der Waals surface area contributed by atoms with E-state index >= 15 is 0 Å². The quantitative estimate of drug-likeness (QED) is 0.826. The van der Waals surface area contributed by atoms with Gasteiger partial charge < -0.3 is 15.5 Å². The van der Waals surface area contributed by atoms with Crippen molar-refractivity contribution in [1.29, 1.82) is 0 Å². The number of carbonyl (C=O) groups is 2. The largest absolute Gasteiger partial charge is 0.416 e. The van der Waals surface area contributed by atoms with Crippen molar-refractivity contribution >= 4 is 29.1 Å². The van der Waals surface area contributed by atoms with Gasteiger partial charge in [0.1, 0.15) is 0 Å². The van der Waals surface area contributed by atoms with E-state index in [4.69, 9.17) is 11.6 Å². The highest BCUT2D eigenvalue weighted by Crippen LogP contribution is 2.33. The van der Waals surface area contributed by atoms with Gasteiger partial charge in [-0.3, -0.25) is 9.59 Å². The lowest BCUT2D eigenvalue weighted by Gasteiger charge is -2.23. The van der Waals surface area contributed by atoms with Crippen LogP contribution in [0, 0.1) is 0 Å². The molecule has 0 aromatic heterocycles. The zero-order valence-electron chi connectivity index (χ0n) is 14.4. The number of rotatable bonds is 5. The molecule has 0 radical (unpaired) electrons. The topological polar surface area (TPSA) is 61.4 Å². The van der Waals surface area contributed by atoms with Crippen LogP contribution >= 0.6 is 11.6 Å². The van der Waals surface area contributed by atoms with Crippen molar-refractivity contribution in [3.8, 4) is 0 Å². The van der Waals surface area contributed by atoms with Crippen molar-refractivity contribution in [2.24, 2.45) is 0 Å². The van der Waals surface area contributed by atoms with Crippen LogP contribution in [0.1, 0.15) is 26.3 Å². The second-order valence-electron chi connectivity index (χ2n) is 6.59. The number of nitrogens with one attached hydrogen (secondary N) is 2.